The SMILES string of the molecule is Bc1ccc2c3cccc4c5ccccc5n(c5cccc6c5c2c1n6C)c34. The first-order valence-electron chi connectivity index (χ1n) is 9.79. The van der Waals surface area contributed by atoms with Crippen LogP contribution in [0.1, 0.15) is 0 Å². The van der Waals surface area contributed by atoms with Crippen molar-refractivity contribution in [1.82, 2.24) is 8.97 Å². The van der Waals surface area contributed by atoms with Crippen molar-refractivity contribution in [2.24, 2.45) is 7.05 Å². The average Bonchev–Trinajstić information content (AvgIpc) is 3.18. The summed E-state index contributed by atoms with van der Waals surface area (Å²) in [7, 11) is 4.42. The molecule has 0 unspecified atom stereocenters. The van der Waals surface area contributed by atoms with Crippen molar-refractivity contribution in [3.8, 4) is 0 Å². The highest BCUT2D eigenvalue weighted by Gasteiger charge is 2.20. The van der Waals surface area contributed by atoms with Crippen LogP contribution in [0.2, 0.25) is 0 Å². The molecule has 7 rings (SSSR count). The molecule has 0 fully saturated rings. The lowest BCUT2D eigenvalue weighted by Gasteiger charge is -2.05. The van der Waals surface area contributed by atoms with Crippen molar-refractivity contribution in [1.29, 1.82) is 0 Å². The van der Waals surface area contributed by atoms with Gasteiger partial charge in [-0.25, -0.2) is 0 Å². The maximum absolute atomic E-state index is 2.48. The van der Waals surface area contributed by atoms with Gasteiger partial charge in [-0.15, -0.1) is 0 Å². The number of para-hydroxylation sites is 2. The number of nitrogens with zero attached hydrogens (tertiary/aromatic N) is 2. The summed E-state index contributed by atoms with van der Waals surface area (Å²) in [5.41, 5.74) is 7.84. The summed E-state index contributed by atoms with van der Waals surface area (Å²) in [6.45, 7) is 0. The van der Waals surface area contributed by atoms with Gasteiger partial charge in [-0.3, -0.25) is 0 Å². The number of fused-ring (bicyclic) bond motifs is 5. The van der Waals surface area contributed by atoms with Crippen LogP contribution in [0.4, 0.5) is 0 Å². The van der Waals surface area contributed by atoms with Gasteiger partial charge in [-0.05, 0) is 23.6 Å². The minimum absolute atomic E-state index is 1.28. The minimum atomic E-state index is 1.28. The summed E-state index contributed by atoms with van der Waals surface area (Å²) < 4.78 is 4.85. The molecule has 0 saturated carbocycles. The third kappa shape index (κ3) is 1.46. The second-order valence-corrected chi connectivity index (χ2v) is 7.94. The van der Waals surface area contributed by atoms with E-state index in [4.69, 9.17) is 0 Å². The lowest BCUT2D eigenvalue weighted by molar-refractivity contribution is 1.02. The van der Waals surface area contributed by atoms with Crippen LogP contribution in [0.5, 0.6) is 0 Å². The van der Waals surface area contributed by atoms with Crippen molar-refractivity contribution in [3.63, 3.8) is 0 Å². The van der Waals surface area contributed by atoms with Gasteiger partial charge in [0.2, 0.25) is 0 Å². The number of rotatable bonds is 0. The fourth-order valence-corrected chi connectivity index (χ4v) is 5.46. The largest absolute Gasteiger partial charge is 0.344 e. The summed E-state index contributed by atoms with van der Waals surface area (Å²) >= 11 is 0. The van der Waals surface area contributed by atoms with Gasteiger partial charge in [0.1, 0.15) is 7.85 Å². The molecule has 7 aromatic rings. The Kier molecular flexibility index (Phi) is 2.44. The van der Waals surface area contributed by atoms with Crippen molar-refractivity contribution < 1.29 is 0 Å². The van der Waals surface area contributed by atoms with Crippen LogP contribution in [0.15, 0.2) is 72.8 Å². The molecule has 28 heavy (non-hydrogen) atoms. The van der Waals surface area contributed by atoms with E-state index < -0.39 is 0 Å². The molecule has 0 amide bonds. The van der Waals surface area contributed by atoms with E-state index in [0.717, 1.165) is 0 Å². The molecule has 0 bridgehead atoms. The number of hydrogen-bond acceptors (Lipinski definition) is 0. The van der Waals surface area contributed by atoms with E-state index >= 15 is 0 Å². The molecule has 0 spiro atoms. The van der Waals surface area contributed by atoms with Gasteiger partial charge in [-0.1, -0.05) is 60.1 Å². The van der Waals surface area contributed by atoms with Gasteiger partial charge in [-0.2, -0.15) is 0 Å². The van der Waals surface area contributed by atoms with E-state index in [1.165, 1.54) is 65.4 Å². The van der Waals surface area contributed by atoms with Crippen LogP contribution in [-0.4, -0.2) is 16.8 Å². The van der Waals surface area contributed by atoms with Crippen molar-refractivity contribution >= 4 is 73.2 Å². The fourth-order valence-electron chi connectivity index (χ4n) is 5.46. The Morgan fingerprint density at radius 2 is 1.25 bits per heavy atom. The van der Waals surface area contributed by atoms with E-state index in [1.807, 2.05) is 0 Å². The summed E-state index contributed by atoms with van der Waals surface area (Å²) in [5.74, 6) is 0. The van der Waals surface area contributed by atoms with Gasteiger partial charge in [0.05, 0.1) is 22.1 Å². The molecule has 0 N–H and O–H groups in total. The molecular formula is C25H17BN2. The lowest BCUT2D eigenvalue weighted by atomic mass is 9.91. The van der Waals surface area contributed by atoms with E-state index in [-0.39, 0.29) is 0 Å². The molecule has 0 radical (unpaired) electrons. The number of hydrogen-bond donors (Lipinski definition) is 0. The van der Waals surface area contributed by atoms with Gasteiger partial charge < -0.3 is 8.97 Å². The smallest absolute Gasteiger partial charge is 0.142 e. The van der Waals surface area contributed by atoms with Crippen molar-refractivity contribution in [3.05, 3.63) is 72.8 Å². The van der Waals surface area contributed by atoms with E-state index in [0.29, 0.717) is 0 Å². The Bertz CT molecular complexity index is 1730. The quantitative estimate of drug-likeness (QED) is 0.347. The number of aryl methyl sites for hydroxylation is 1. The predicted molar refractivity (Wildman–Crippen MR) is 123 cm³/mol. The Morgan fingerprint density at radius 3 is 2.14 bits per heavy atom. The van der Waals surface area contributed by atoms with E-state index in [1.54, 1.807) is 0 Å². The molecule has 0 aliphatic rings. The topological polar surface area (TPSA) is 9.34 Å². The molecule has 0 saturated heterocycles. The molecule has 4 aromatic carbocycles. The molecule has 130 valence electrons. The molecule has 0 aliphatic carbocycles. The molecule has 2 nitrogen and oxygen atoms in total. The first kappa shape index (κ1) is 14.6. The second kappa shape index (κ2) is 4.68. The highest BCUT2D eigenvalue weighted by atomic mass is 15.0. The van der Waals surface area contributed by atoms with Crippen LogP contribution in [0.3, 0.4) is 0 Å². The van der Waals surface area contributed by atoms with Gasteiger partial charge >= 0.3 is 0 Å². The van der Waals surface area contributed by atoms with Crippen LogP contribution >= 0.6 is 0 Å². The highest BCUT2D eigenvalue weighted by Crippen LogP contribution is 2.42. The summed E-state index contributed by atoms with van der Waals surface area (Å²) in [6, 6.07) is 26.8. The van der Waals surface area contributed by atoms with Crippen molar-refractivity contribution in [2.75, 3.05) is 0 Å². The zero-order valence-corrected chi connectivity index (χ0v) is 15.8. The number of aromatic nitrogens is 2. The van der Waals surface area contributed by atoms with Crippen LogP contribution in [0, 0.1) is 0 Å². The maximum atomic E-state index is 2.48. The van der Waals surface area contributed by atoms with Crippen molar-refractivity contribution in [2.45, 2.75) is 0 Å². The Hall–Kier alpha value is -3.46. The monoisotopic (exact) mass is 356 g/mol. The summed E-state index contributed by atoms with van der Waals surface area (Å²) in [6.07, 6.45) is 0. The molecule has 0 atom stereocenters. The zero-order valence-electron chi connectivity index (χ0n) is 15.8. The minimum Gasteiger partial charge on any atom is -0.344 e. The Labute approximate surface area is 162 Å². The summed E-state index contributed by atoms with van der Waals surface area (Å²) in [5, 5.41) is 8.05. The van der Waals surface area contributed by atoms with Crippen LogP contribution in [0.25, 0.3) is 59.9 Å². The number of benzene rings is 4. The normalized spacial score (nSPS) is 12.6. The standard InChI is InChI=1S/C25H17BN2/c1-27-20-10-5-11-21-23(20)22-15(12-13-18(26)25(22)27)17-8-4-7-16-14-6-2-3-9-19(14)28(21)24(16)17/h2-13H,26H2,1H3. The predicted octanol–water partition coefficient (Wildman–Crippen LogP) is 4.74. The van der Waals surface area contributed by atoms with Crippen LogP contribution < -0.4 is 5.46 Å². The van der Waals surface area contributed by atoms with Gasteiger partial charge in [0, 0.05) is 39.5 Å². The second-order valence-electron chi connectivity index (χ2n) is 7.94. The molecule has 3 heterocycles. The Morgan fingerprint density at radius 1 is 0.571 bits per heavy atom. The van der Waals surface area contributed by atoms with E-state index in [9.17, 15) is 0 Å². The van der Waals surface area contributed by atoms with Gasteiger partial charge in [0.25, 0.3) is 0 Å². The molecule has 0 aliphatic heterocycles. The zero-order chi connectivity index (χ0) is 18.6. The first-order chi connectivity index (χ1) is 13.8. The van der Waals surface area contributed by atoms with Gasteiger partial charge in [0.15, 0.2) is 0 Å². The maximum Gasteiger partial charge on any atom is 0.142 e. The Balaban J connectivity index is 2.05. The third-order valence-electron chi connectivity index (χ3n) is 6.57. The lowest BCUT2D eigenvalue weighted by Crippen LogP contribution is -2.06. The fraction of sp³-hybridized carbons (Fsp3) is 0.0400. The summed E-state index contributed by atoms with van der Waals surface area (Å²) in [4.78, 5) is 0. The average molecular weight is 356 g/mol. The highest BCUT2D eigenvalue weighted by molar-refractivity contribution is 6.43. The third-order valence-corrected chi connectivity index (χ3v) is 6.57. The van der Waals surface area contributed by atoms with E-state index in [2.05, 4.69) is 96.7 Å². The molecule has 3 heteroatoms. The molecular weight excluding hydrogens is 339 g/mol. The molecule has 3 aromatic heterocycles. The first-order valence-corrected chi connectivity index (χ1v) is 9.79. The van der Waals surface area contributed by atoms with Crippen LogP contribution in [-0.2, 0) is 7.05 Å².